The molecule has 2 heterocycles. The van der Waals surface area contributed by atoms with E-state index < -0.39 is 0 Å². The lowest BCUT2D eigenvalue weighted by atomic mass is 10.0. The van der Waals surface area contributed by atoms with Gasteiger partial charge in [0.15, 0.2) is 0 Å². The van der Waals surface area contributed by atoms with Gasteiger partial charge >= 0.3 is 0 Å². The normalized spacial score (nSPS) is 11.7. The second-order valence-corrected chi connectivity index (χ2v) is 8.77. The van der Waals surface area contributed by atoms with Gasteiger partial charge in [-0.15, -0.1) is 0 Å². The van der Waals surface area contributed by atoms with Crippen LogP contribution in [0.25, 0.3) is 60.6 Å². The molecule has 0 amide bonds. The Balaban J connectivity index is 1.48. The molecule has 0 bridgehead atoms. The van der Waals surface area contributed by atoms with Crippen LogP contribution in [-0.4, -0.2) is 14.5 Å². The summed E-state index contributed by atoms with van der Waals surface area (Å²) >= 11 is 0. The maximum absolute atomic E-state index is 5.08. The molecule has 160 valence electrons. The molecule has 0 atom stereocenters. The van der Waals surface area contributed by atoms with Crippen LogP contribution in [0.15, 0.2) is 109 Å². The van der Waals surface area contributed by atoms with Crippen molar-refractivity contribution < 1.29 is 0 Å². The van der Waals surface area contributed by atoms with Crippen LogP contribution < -0.4 is 0 Å². The first-order valence-electron chi connectivity index (χ1n) is 11.5. The van der Waals surface area contributed by atoms with E-state index in [0.717, 1.165) is 33.7 Å². The summed E-state index contributed by atoms with van der Waals surface area (Å²) in [7, 11) is 0. The van der Waals surface area contributed by atoms with Crippen molar-refractivity contribution in [2.75, 3.05) is 0 Å². The quantitative estimate of drug-likeness (QED) is 0.259. The predicted molar refractivity (Wildman–Crippen MR) is 142 cm³/mol. The molecule has 0 aliphatic rings. The second-order valence-electron chi connectivity index (χ2n) is 8.77. The molecule has 3 heteroatoms. The van der Waals surface area contributed by atoms with Gasteiger partial charge in [0.2, 0.25) is 0 Å². The molecule has 0 N–H and O–H groups in total. The van der Waals surface area contributed by atoms with Crippen molar-refractivity contribution in [1.29, 1.82) is 0 Å². The van der Waals surface area contributed by atoms with Crippen molar-refractivity contribution in [3.63, 3.8) is 0 Å². The Hall–Kier alpha value is -4.50. The van der Waals surface area contributed by atoms with Gasteiger partial charge in [-0.3, -0.25) is 0 Å². The highest BCUT2D eigenvalue weighted by Crippen LogP contribution is 2.35. The Bertz CT molecular complexity index is 1860. The Labute approximate surface area is 196 Å². The van der Waals surface area contributed by atoms with E-state index in [1.54, 1.807) is 0 Å². The summed E-state index contributed by atoms with van der Waals surface area (Å²) in [5, 5.41) is 4.82. The number of nitrogens with zero attached hydrogens (tertiary/aromatic N) is 3. The highest BCUT2D eigenvalue weighted by Gasteiger charge is 2.15. The molecule has 5 aromatic carbocycles. The largest absolute Gasteiger partial charge is 0.309 e. The molecule has 0 saturated heterocycles. The van der Waals surface area contributed by atoms with Gasteiger partial charge in [-0.2, -0.15) is 0 Å². The average Bonchev–Trinajstić information content (AvgIpc) is 3.21. The van der Waals surface area contributed by atoms with Crippen LogP contribution in [0.4, 0.5) is 0 Å². The van der Waals surface area contributed by atoms with Crippen molar-refractivity contribution in [2.45, 2.75) is 6.92 Å². The third-order valence-corrected chi connectivity index (χ3v) is 6.67. The van der Waals surface area contributed by atoms with E-state index in [2.05, 4.69) is 121 Å². The van der Waals surface area contributed by atoms with Crippen LogP contribution >= 0.6 is 0 Å². The molecule has 0 saturated carbocycles. The smallest absolute Gasteiger partial charge is 0.0922 e. The number of fused-ring (bicyclic) bond motifs is 5. The lowest BCUT2D eigenvalue weighted by Crippen LogP contribution is -1.95. The molecule has 7 rings (SSSR count). The van der Waals surface area contributed by atoms with E-state index in [9.17, 15) is 0 Å². The number of benzene rings is 5. The van der Waals surface area contributed by atoms with Crippen LogP contribution in [0.1, 0.15) is 5.69 Å². The van der Waals surface area contributed by atoms with Crippen LogP contribution in [0.5, 0.6) is 0 Å². The predicted octanol–water partition coefficient (Wildman–Crippen LogP) is 7.86. The van der Waals surface area contributed by atoms with Crippen LogP contribution in [0.2, 0.25) is 0 Å². The lowest BCUT2D eigenvalue weighted by Gasteiger charge is -2.10. The summed E-state index contributed by atoms with van der Waals surface area (Å²) in [4.78, 5) is 10.0. The van der Waals surface area contributed by atoms with Crippen LogP contribution in [0, 0.1) is 6.92 Å². The summed E-state index contributed by atoms with van der Waals surface area (Å²) < 4.78 is 2.33. The van der Waals surface area contributed by atoms with Crippen molar-refractivity contribution >= 4 is 43.6 Å². The fraction of sp³-hybridized carbons (Fsp3) is 0.0323. The zero-order valence-corrected chi connectivity index (χ0v) is 18.7. The Kier molecular flexibility index (Phi) is 4.06. The maximum atomic E-state index is 5.08. The number of aryl methyl sites for hydroxylation is 1. The van der Waals surface area contributed by atoms with Gasteiger partial charge in [0, 0.05) is 22.0 Å². The third kappa shape index (κ3) is 2.84. The summed E-state index contributed by atoms with van der Waals surface area (Å²) in [5.74, 6) is 0. The first-order valence-corrected chi connectivity index (χ1v) is 11.5. The second kappa shape index (κ2) is 7.26. The van der Waals surface area contributed by atoms with E-state index in [1.807, 2.05) is 0 Å². The molecule has 0 aliphatic carbocycles. The Morgan fingerprint density at radius 1 is 0.559 bits per heavy atom. The van der Waals surface area contributed by atoms with Gasteiger partial charge in [-0.1, -0.05) is 66.7 Å². The molecule has 2 aromatic heterocycles. The zero-order chi connectivity index (χ0) is 22.6. The summed E-state index contributed by atoms with van der Waals surface area (Å²) in [6, 6.07) is 38.4. The SMILES string of the molecule is Cc1nc2cc3ccccc3cc2nc1-c1ccc2c(c1)c1ccccc1n2-c1ccccc1. The number of para-hydroxylation sites is 2. The molecular formula is C31H21N3. The number of rotatable bonds is 2. The van der Waals surface area contributed by atoms with E-state index >= 15 is 0 Å². The minimum atomic E-state index is 0.922. The lowest BCUT2D eigenvalue weighted by molar-refractivity contribution is 1.18. The molecular weight excluding hydrogens is 414 g/mol. The molecule has 0 aliphatic heterocycles. The first-order chi connectivity index (χ1) is 16.8. The van der Waals surface area contributed by atoms with Gasteiger partial charge in [0.05, 0.1) is 33.5 Å². The van der Waals surface area contributed by atoms with Gasteiger partial charge in [-0.05, 0) is 60.2 Å². The van der Waals surface area contributed by atoms with Gasteiger partial charge in [-0.25, -0.2) is 9.97 Å². The summed E-state index contributed by atoms with van der Waals surface area (Å²) in [6.07, 6.45) is 0. The van der Waals surface area contributed by atoms with Crippen LogP contribution in [0.3, 0.4) is 0 Å². The minimum Gasteiger partial charge on any atom is -0.309 e. The molecule has 0 spiro atoms. The van der Waals surface area contributed by atoms with Crippen molar-refractivity contribution in [1.82, 2.24) is 14.5 Å². The van der Waals surface area contributed by atoms with Crippen molar-refractivity contribution in [3.05, 3.63) is 115 Å². The molecule has 7 aromatic rings. The van der Waals surface area contributed by atoms with E-state index in [1.165, 1.54) is 32.6 Å². The highest BCUT2D eigenvalue weighted by atomic mass is 15.0. The van der Waals surface area contributed by atoms with Gasteiger partial charge in [0.1, 0.15) is 0 Å². The van der Waals surface area contributed by atoms with E-state index in [-0.39, 0.29) is 0 Å². The van der Waals surface area contributed by atoms with E-state index in [4.69, 9.17) is 9.97 Å². The third-order valence-electron chi connectivity index (χ3n) is 6.67. The summed E-state index contributed by atoms with van der Waals surface area (Å²) in [5.41, 5.74) is 8.36. The number of hydrogen-bond acceptors (Lipinski definition) is 2. The number of aromatic nitrogens is 3. The fourth-order valence-electron chi connectivity index (χ4n) is 5.08. The monoisotopic (exact) mass is 435 g/mol. The summed E-state index contributed by atoms with van der Waals surface area (Å²) in [6.45, 7) is 2.05. The fourth-order valence-corrected chi connectivity index (χ4v) is 5.08. The van der Waals surface area contributed by atoms with Gasteiger partial charge < -0.3 is 4.57 Å². The molecule has 0 unspecified atom stereocenters. The van der Waals surface area contributed by atoms with Gasteiger partial charge in [0.25, 0.3) is 0 Å². The number of hydrogen-bond donors (Lipinski definition) is 0. The Morgan fingerprint density at radius 3 is 2.00 bits per heavy atom. The molecule has 0 fully saturated rings. The maximum Gasteiger partial charge on any atom is 0.0922 e. The average molecular weight is 436 g/mol. The first kappa shape index (κ1) is 19.0. The molecule has 34 heavy (non-hydrogen) atoms. The molecule has 0 radical (unpaired) electrons. The van der Waals surface area contributed by atoms with E-state index in [0.29, 0.717) is 0 Å². The minimum absolute atomic E-state index is 0.922. The highest BCUT2D eigenvalue weighted by molar-refractivity contribution is 6.10. The zero-order valence-electron chi connectivity index (χ0n) is 18.7. The van der Waals surface area contributed by atoms with Crippen molar-refractivity contribution in [3.8, 4) is 16.9 Å². The molecule has 3 nitrogen and oxygen atoms in total. The Morgan fingerprint density at radius 2 is 1.21 bits per heavy atom. The van der Waals surface area contributed by atoms with Crippen molar-refractivity contribution in [2.24, 2.45) is 0 Å². The van der Waals surface area contributed by atoms with Crippen LogP contribution in [-0.2, 0) is 0 Å². The standard InChI is InChI=1S/C31H21N3/c1-20-31(33-28-19-22-10-6-5-9-21(22)18-27(28)32-20)23-15-16-30-26(17-23)25-13-7-8-14-29(25)34(30)24-11-3-2-4-12-24/h2-19H,1H3. The topological polar surface area (TPSA) is 30.7 Å².